The molecule has 0 saturated heterocycles. The van der Waals surface area contributed by atoms with Crippen molar-refractivity contribution in [3.05, 3.63) is 29.8 Å². The molecule has 0 saturated carbocycles. The van der Waals surface area contributed by atoms with Gasteiger partial charge >= 0.3 is 0 Å². The van der Waals surface area contributed by atoms with Crippen molar-refractivity contribution in [2.24, 2.45) is 5.73 Å². The third-order valence-electron chi connectivity index (χ3n) is 3.03. The van der Waals surface area contributed by atoms with Crippen LogP contribution in [0.4, 0.5) is 5.69 Å². The smallest absolute Gasteiger partial charge is 0.225 e. The molecule has 1 aromatic carbocycles. The van der Waals surface area contributed by atoms with Gasteiger partial charge in [-0.3, -0.25) is 9.59 Å². The summed E-state index contributed by atoms with van der Waals surface area (Å²) in [5.74, 6) is -0.204. The summed E-state index contributed by atoms with van der Waals surface area (Å²) in [5.41, 5.74) is 7.32. The third-order valence-corrected chi connectivity index (χ3v) is 3.03. The van der Waals surface area contributed by atoms with Crippen LogP contribution >= 0.6 is 0 Å². The van der Waals surface area contributed by atoms with Gasteiger partial charge in [0.15, 0.2) is 0 Å². The van der Waals surface area contributed by atoms with Gasteiger partial charge in [0.1, 0.15) is 0 Å². The standard InChI is InChI=1S/C15H23N3O2/c1-3-6-12(16)10-15(20)18-13-8-5-4-7-11(13)9-14(19)17-2/h4-5,7-8,12H,3,6,9-10,16H2,1-2H3,(H,17,19)(H,18,20). The molecule has 110 valence electrons. The average molecular weight is 277 g/mol. The minimum absolute atomic E-state index is 0.0885. The van der Waals surface area contributed by atoms with Crippen molar-refractivity contribution in [1.29, 1.82) is 0 Å². The fourth-order valence-corrected chi connectivity index (χ4v) is 1.97. The Kier molecular flexibility index (Phi) is 6.73. The van der Waals surface area contributed by atoms with Gasteiger partial charge in [0.2, 0.25) is 11.8 Å². The maximum absolute atomic E-state index is 11.9. The molecule has 0 radical (unpaired) electrons. The van der Waals surface area contributed by atoms with Crippen molar-refractivity contribution in [2.45, 2.75) is 38.6 Å². The van der Waals surface area contributed by atoms with Gasteiger partial charge in [-0.25, -0.2) is 0 Å². The molecule has 0 fully saturated rings. The number of hydrogen-bond acceptors (Lipinski definition) is 3. The van der Waals surface area contributed by atoms with Crippen molar-refractivity contribution in [2.75, 3.05) is 12.4 Å². The van der Waals surface area contributed by atoms with Crippen LogP contribution < -0.4 is 16.4 Å². The van der Waals surface area contributed by atoms with Crippen LogP contribution in [-0.4, -0.2) is 24.9 Å². The van der Waals surface area contributed by atoms with E-state index in [1.807, 2.05) is 25.1 Å². The lowest BCUT2D eigenvalue weighted by atomic mass is 10.1. The number of anilines is 1. The van der Waals surface area contributed by atoms with Crippen LogP contribution in [0.25, 0.3) is 0 Å². The molecule has 1 unspecified atom stereocenters. The molecule has 0 aliphatic carbocycles. The lowest BCUT2D eigenvalue weighted by molar-refractivity contribution is -0.120. The van der Waals surface area contributed by atoms with Crippen LogP contribution in [0.15, 0.2) is 24.3 Å². The number of rotatable bonds is 7. The predicted octanol–water partition coefficient (Wildman–Crippen LogP) is 1.43. The maximum Gasteiger partial charge on any atom is 0.225 e. The van der Waals surface area contributed by atoms with Crippen molar-refractivity contribution in [3.63, 3.8) is 0 Å². The van der Waals surface area contributed by atoms with Crippen LogP contribution in [-0.2, 0) is 16.0 Å². The topological polar surface area (TPSA) is 84.2 Å². The lowest BCUT2D eigenvalue weighted by Gasteiger charge is -2.13. The van der Waals surface area contributed by atoms with E-state index in [1.54, 1.807) is 13.1 Å². The second-order valence-electron chi connectivity index (χ2n) is 4.81. The minimum Gasteiger partial charge on any atom is -0.359 e. The summed E-state index contributed by atoms with van der Waals surface area (Å²) in [6, 6.07) is 7.18. The normalized spacial score (nSPS) is 11.8. The van der Waals surface area contributed by atoms with Crippen LogP contribution in [0.5, 0.6) is 0 Å². The molecule has 1 rings (SSSR count). The van der Waals surface area contributed by atoms with Gasteiger partial charge in [0.05, 0.1) is 6.42 Å². The van der Waals surface area contributed by atoms with E-state index in [0.717, 1.165) is 18.4 Å². The van der Waals surface area contributed by atoms with Gasteiger partial charge < -0.3 is 16.4 Å². The molecular weight excluding hydrogens is 254 g/mol. The Balaban J connectivity index is 2.67. The highest BCUT2D eigenvalue weighted by molar-refractivity contribution is 5.93. The third kappa shape index (κ3) is 5.40. The Hall–Kier alpha value is -1.88. The van der Waals surface area contributed by atoms with Gasteiger partial charge in [-0.2, -0.15) is 0 Å². The van der Waals surface area contributed by atoms with E-state index in [9.17, 15) is 9.59 Å². The Morgan fingerprint density at radius 3 is 2.60 bits per heavy atom. The van der Waals surface area contributed by atoms with Gasteiger partial charge in [-0.05, 0) is 18.1 Å². The quantitative estimate of drug-likeness (QED) is 0.705. The summed E-state index contributed by atoms with van der Waals surface area (Å²) in [7, 11) is 1.59. The first-order valence-corrected chi connectivity index (χ1v) is 6.90. The predicted molar refractivity (Wildman–Crippen MR) is 80.3 cm³/mol. The first-order chi connectivity index (χ1) is 9.56. The molecule has 5 heteroatoms. The number of carbonyl (C=O) groups is 2. The van der Waals surface area contributed by atoms with Gasteiger partial charge in [-0.1, -0.05) is 31.5 Å². The largest absolute Gasteiger partial charge is 0.359 e. The molecule has 20 heavy (non-hydrogen) atoms. The molecule has 1 atom stereocenters. The summed E-state index contributed by atoms with van der Waals surface area (Å²) in [6.45, 7) is 2.04. The number of benzene rings is 1. The van der Waals surface area contributed by atoms with Crippen LogP contribution in [0.3, 0.4) is 0 Å². The molecule has 0 heterocycles. The van der Waals surface area contributed by atoms with E-state index in [-0.39, 0.29) is 24.3 Å². The Morgan fingerprint density at radius 1 is 1.25 bits per heavy atom. The summed E-state index contributed by atoms with van der Waals surface area (Å²) in [5, 5.41) is 5.40. The van der Waals surface area contributed by atoms with E-state index < -0.39 is 0 Å². The number of amides is 2. The first kappa shape index (κ1) is 16.2. The monoisotopic (exact) mass is 277 g/mol. The van der Waals surface area contributed by atoms with Crippen molar-refractivity contribution in [1.82, 2.24) is 5.32 Å². The highest BCUT2D eigenvalue weighted by Gasteiger charge is 2.12. The molecule has 0 spiro atoms. The molecule has 0 aromatic heterocycles. The van der Waals surface area contributed by atoms with E-state index in [2.05, 4.69) is 10.6 Å². The fraction of sp³-hybridized carbons (Fsp3) is 0.467. The zero-order chi connectivity index (χ0) is 15.0. The number of hydrogen-bond donors (Lipinski definition) is 3. The Bertz CT molecular complexity index is 460. The molecule has 0 aliphatic heterocycles. The molecule has 4 N–H and O–H groups in total. The van der Waals surface area contributed by atoms with Crippen molar-refractivity contribution < 1.29 is 9.59 Å². The molecule has 1 aromatic rings. The van der Waals surface area contributed by atoms with Crippen LogP contribution in [0.2, 0.25) is 0 Å². The van der Waals surface area contributed by atoms with E-state index in [0.29, 0.717) is 12.1 Å². The number of likely N-dealkylation sites (N-methyl/N-ethyl adjacent to an activating group) is 1. The highest BCUT2D eigenvalue weighted by atomic mass is 16.2. The molecule has 5 nitrogen and oxygen atoms in total. The van der Waals surface area contributed by atoms with Crippen molar-refractivity contribution >= 4 is 17.5 Å². The summed E-state index contributed by atoms with van der Waals surface area (Å²) < 4.78 is 0. The summed E-state index contributed by atoms with van der Waals surface area (Å²) >= 11 is 0. The lowest BCUT2D eigenvalue weighted by Crippen LogP contribution is -2.27. The van der Waals surface area contributed by atoms with E-state index in [4.69, 9.17) is 5.73 Å². The maximum atomic E-state index is 11.9. The fourth-order valence-electron chi connectivity index (χ4n) is 1.97. The van der Waals surface area contributed by atoms with Crippen molar-refractivity contribution in [3.8, 4) is 0 Å². The summed E-state index contributed by atoms with van der Waals surface area (Å²) in [6.07, 6.45) is 2.32. The van der Waals surface area contributed by atoms with Crippen LogP contribution in [0, 0.1) is 0 Å². The van der Waals surface area contributed by atoms with E-state index >= 15 is 0 Å². The molecule has 0 aliphatic rings. The minimum atomic E-state index is -0.119. The summed E-state index contributed by atoms with van der Waals surface area (Å²) in [4.78, 5) is 23.4. The molecule has 0 bridgehead atoms. The Morgan fingerprint density at radius 2 is 1.95 bits per heavy atom. The second kappa shape index (κ2) is 8.32. The zero-order valence-electron chi connectivity index (χ0n) is 12.1. The molecular formula is C15H23N3O2. The zero-order valence-corrected chi connectivity index (χ0v) is 12.1. The second-order valence-corrected chi connectivity index (χ2v) is 4.81. The number of nitrogens with one attached hydrogen (secondary N) is 2. The average Bonchev–Trinajstić information content (AvgIpc) is 2.40. The van der Waals surface area contributed by atoms with Gasteiger partial charge in [0, 0.05) is 25.2 Å². The number of para-hydroxylation sites is 1. The van der Waals surface area contributed by atoms with Gasteiger partial charge in [0.25, 0.3) is 0 Å². The number of nitrogens with two attached hydrogens (primary N) is 1. The Labute approximate surface area is 119 Å². The highest BCUT2D eigenvalue weighted by Crippen LogP contribution is 2.16. The van der Waals surface area contributed by atoms with E-state index in [1.165, 1.54) is 0 Å². The van der Waals surface area contributed by atoms with Gasteiger partial charge in [-0.15, -0.1) is 0 Å². The first-order valence-electron chi connectivity index (χ1n) is 6.90. The SMILES string of the molecule is CCCC(N)CC(=O)Nc1ccccc1CC(=O)NC. The van der Waals surface area contributed by atoms with Crippen LogP contribution in [0.1, 0.15) is 31.7 Å². The number of carbonyl (C=O) groups excluding carboxylic acids is 2. The molecule has 2 amide bonds.